The summed E-state index contributed by atoms with van der Waals surface area (Å²) < 4.78 is 0. The molecule has 0 spiro atoms. The highest BCUT2D eigenvalue weighted by atomic mass is 16.2. The molecule has 1 N–H and O–H groups in total. The van der Waals surface area contributed by atoms with Gasteiger partial charge >= 0.3 is 6.03 Å². The van der Waals surface area contributed by atoms with Crippen LogP contribution in [-0.2, 0) is 11.3 Å². The number of carbonyl (C=O) groups is 2. The maximum absolute atomic E-state index is 12.7. The van der Waals surface area contributed by atoms with Gasteiger partial charge in [-0.25, -0.2) is 4.79 Å². The van der Waals surface area contributed by atoms with Crippen LogP contribution >= 0.6 is 0 Å². The Morgan fingerprint density at radius 1 is 1.25 bits per heavy atom. The molecule has 5 nitrogen and oxygen atoms in total. The first-order valence-electron chi connectivity index (χ1n) is 8.86. The van der Waals surface area contributed by atoms with Gasteiger partial charge in [-0.15, -0.1) is 0 Å². The van der Waals surface area contributed by atoms with E-state index < -0.39 is 5.54 Å². The fraction of sp³-hybridized carbons (Fsp3) is 0.579. The van der Waals surface area contributed by atoms with Crippen molar-refractivity contribution in [3.8, 4) is 0 Å². The number of urea groups is 1. The van der Waals surface area contributed by atoms with Crippen LogP contribution in [0.4, 0.5) is 4.79 Å². The monoisotopic (exact) mass is 329 g/mol. The second kappa shape index (κ2) is 6.55. The summed E-state index contributed by atoms with van der Waals surface area (Å²) in [5, 5.41) is 2.95. The van der Waals surface area contributed by atoms with Crippen LogP contribution < -0.4 is 5.32 Å². The van der Waals surface area contributed by atoms with Crippen LogP contribution in [0.25, 0.3) is 0 Å². The number of nitrogens with one attached hydrogen (secondary N) is 1. The molecule has 0 aliphatic carbocycles. The molecule has 2 aliphatic rings. The van der Waals surface area contributed by atoms with E-state index in [1.807, 2.05) is 13.8 Å². The zero-order valence-electron chi connectivity index (χ0n) is 14.8. The van der Waals surface area contributed by atoms with Crippen molar-refractivity contribution in [1.29, 1.82) is 0 Å². The lowest BCUT2D eigenvalue weighted by Crippen LogP contribution is -2.55. The third-order valence-corrected chi connectivity index (χ3v) is 5.47. The van der Waals surface area contributed by atoms with Crippen LogP contribution in [0.15, 0.2) is 24.3 Å². The smallest absolute Gasteiger partial charge is 0.323 e. The van der Waals surface area contributed by atoms with Gasteiger partial charge in [-0.1, -0.05) is 29.8 Å². The van der Waals surface area contributed by atoms with Crippen LogP contribution in [0.1, 0.15) is 37.8 Å². The van der Waals surface area contributed by atoms with Crippen molar-refractivity contribution in [2.45, 2.75) is 45.7 Å². The van der Waals surface area contributed by atoms with Crippen LogP contribution in [-0.4, -0.2) is 46.9 Å². The molecule has 0 unspecified atom stereocenters. The van der Waals surface area contributed by atoms with E-state index in [-0.39, 0.29) is 17.9 Å². The van der Waals surface area contributed by atoms with Crippen LogP contribution in [0.3, 0.4) is 0 Å². The van der Waals surface area contributed by atoms with Crippen LogP contribution in [0, 0.1) is 12.8 Å². The molecule has 0 bridgehead atoms. The van der Waals surface area contributed by atoms with Gasteiger partial charge in [0.15, 0.2) is 0 Å². The number of rotatable bonds is 4. The second-order valence-corrected chi connectivity index (χ2v) is 7.24. The number of benzene rings is 1. The lowest BCUT2D eigenvalue weighted by molar-refractivity contribution is -0.133. The van der Waals surface area contributed by atoms with Crippen molar-refractivity contribution in [2.24, 2.45) is 5.92 Å². The molecule has 2 heterocycles. The number of likely N-dealkylation sites (tertiary alicyclic amines) is 1. The quantitative estimate of drug-likeness (QED) is 0.864. The van der Waals surface area contributed by atoms with Gasteiger partial charge in [0, 0.05) is 25.6 Å². The molecule has 3 rings (SSSR count). The van der Waals surface area contributed by atoms with E-state index in [2.05, 4.69) is 41.4 Å². The molecule has 1 aromatic carbocycles. The molecule has 2 saturated heterocycles. The van der Waals surface area contributed by atoms with Gasteiger partial charge in [0.25, 0.3) is 5.91 Å². The van der Waals surface area contributed by atoms with Crippen molar-refractivity contribution >= 4 is 11.9 Å². The van der Waals surface area contributed by atoms with Crippen LogP contribution in [0.5, 0.6) is 0 Å². The minimum atomic E-state index is -0.765. The molecule has 2 atom stereocenters. The summed E-state index contributed by atoms with van der Waals surface area (Å²) in [4.78, 5) is 28.5. The summed E-state index contributed by atoms with van der Waals surface area (Å²) in [5.41, 5.74) is 1.80. The average molecular weight is 329 g/mol. The van der Waals surface area contributed by atoms with Gasteiger partial charge in [-0.05, 0) is 45.7 Å². The minimum Gasteiger partial charge on any atom is -0.323 e. The number of hydrogen-bond acceptors (Lipinski definition) is 3. The number of amides is 3. The SMILES string of the molecule is CCN1C(=O)N[C@](C)([C@H]2CCCN(Cc3ccc(C)cc3)C2)C1=O. The van der Waals surface area contributed by atoms with Gasteiger partial charge in [0.1, 0.15) is 5.54 Å². The number of imide groups is 1. The minimum absolute atomic E-state index is 0.0721. The Morgan fingerprint density at radius 2 is 1.96 bits per heavy atom. The van der Waals surface area contributed by atoms with E-state index in [1.54, 1.807) is 0 Å². The predicted octanol–water partition coefficient (Wildman–Crippen LogP) is 2.54. The Labute approximate surface area is 144 Å². The summed E-state index contributed by atoms with van der Waals surface area (Å²) in [6.07, 6.45) is 2.03. The van der Waals surface area contributed by atoms with Gasteiger partial charge in [-0.3, -0.25) is 14.6 Å². The molecule has 1 aromatic rings. The molecular formula is C19H27N3O2. The number of nitrogens with zero attached hydrogens (tertiary/aromatic N) is 2. The zero-order valence-corrected chi connectivity index (χ0v) is 14.8. The predicted molar refractivity (Wildman–Crippen MR) is 93.5 cm³/mol. The molecule has 3 amide bonds. The molecular weight excluding hydrogens is 302 g/mol. The second-order valence-electron chi connectivity index (χ2n) is 7.24. The van der Waals surface area contributed by atoms with Gasteiger partial charge < -0.3 is 5.32 Å². The normalized spacial score (nSPS) is 28.3. The van der Waals surface area contributed by atoms with Crippen molar-refractivity contribution in [1.82, 2.24) is 15.1 Å². The summed E-state index contributed by atoms with van der Waals surface area (Å²) >= 11 is 0. The van der Waals surface area contributed by atoms with E-state index in [1.165, 1.54) is 16.0 Å². The summed E-state index contributed by atoms with van der Waals surface area (Å²) in [6, 6.07) is 8.36. The summed E-state index contributed by atoms with van der Waals surface area (Å²) in [5.74, 6) is 0.0851. The number of aryl methyl sites for hydroxylation is 1. The third-order valence-electron chi connectivity index (χ3n) is 5.47. The summed E-state index contributed by atoms with van der Waals surface area (Å²) in [7, 11) is 0. The number of piperidine rings is 1. The van der Waals surface area contributed by atoms with Crippen LogP contribution in [0.2, 0.25) is 0 Å². The standard InChI is InChI=1S/C19H27N3O2/c1-4-22-17(23)19(3,20-18(22)24)16-6-5-11-21(13-16)12-15-9-7-14(2)8-10-15/h7-10,16H,4-6,11-13H2,1-3H3,(H,20,24)/t16-,19+/m0/s1. The zero-order chi connectivity index (χ0) is 17.3. The third kappa shape index (κ3) is 3.05. The van der Waals surface area contributed by atoms with E-state index in [9.17, 15) is 9.59 Å². The Hall–Kier alpha value is -1.88. The van der Waals surface area contributed by atoms with E-state index >= 15 is 0 Å². The van der Waals surface area contributed by atoms with E-state index in [0.717, 1.165) is 32.5 Å². The molecule has 130 valence electrons. The lowest BCUT2D eigenvalue weighted by atomic mass is 9.80. The van der Waals surface area contributed by atoms with Gasteiger partial charge in [0.05, 0.1) is 0 Å². The average Bonchev–Trinajstić information content (AvgIpc) is 2.80. The molecule has 24 heavy (non-hydrogen) atoms. The maximum Gasteiger partial charge on any atom is 0.325 e. The molecule has 2 aliphatic heterocycles. The first kappa shape index (κ1) is 17.0. The van der Waals surface area contributed by atoms with E-state index in [0.29, 0.717) is 6.54 Å². The molecule has 5 heteroatoms. The number of likely N-dealkylation sites (N-methyl/N-ethyl adjacent to an activating group) is 1. The molecule has 0 radical (unpaired) electrons. The van der Waals surface area contributed by atoms with Gasteiger partial charge in [0.2, 0.25) is 0 Å². The Kier molecular flexibility index (Phi) is 4.63. The Balaban J connectivity index is 1.70. The number of carbonyl (C=O) groups excluding carboxylic acids is 2. The highest BCUT2D eigenvalue weighted by Gasteiger charge is 2.52. The largest absolute Gasteiger partial charge is 0.325 e. The maximum atomic E-state index is 12.7. The van der Waals surface area contributed by atoms with Crippen molar-refractivity contribution in [3.63, 3.8) is 0 Å². The van der Waals surface area contributed by atoms with Crippen molar-refractivity contribution in [2.75, 3.05) is 19.6 Å². The summed E-state index contributed by atoms with van der Waals surface area (Å²) in [6.45, 7) is 9.03. The highest BCUT2D eigenvalue weighted by Crippen LogP contribution is 2.32. The topological polar surface area (TPSA) is 52.7 Å². The number of hydrogen-bond donors (Lipinski definition) is 1. The first-order chi connectivity index (χ1) is 11.4. The molecule has 2 fully saturated rings. The Bertz CT molecular complexity index is 628. The Morgan fingerprint density at radius 3 is 2.58 bits per heavy atom. The lowest BCUT2D eigenvalue weighted by Gasteiger charge is -2.39. The molecule has 0 aromatic heterocycles. The van der Waals surface area contributed by atoms with E-state index in [4.69, 9.17) is 0 Å². The fourth-order valence-electron chi connectivity index (χ4n) is 3.90. The van der Waals surface area contributed by atoms with Crippen molar-refractivity contribution in [3.05, 3.63) is 35.4 Å². The van der Waals surface area contributed by atoms with Gasteiger partial charge in [-0.2, -0.15) is 0 Å². The highest BCUT2D eigenvalue weighted by molar-refractivity contribution is 6.07. The first-order valence-corrected chi connectivity index (χ1v) is 8.86. The molecule has 0 saturated carbocycles. The fourth-order valence-corrected chi connectivity index (χ4v) is 3.90. The van der Waals surface area contributed by atoms with Crippen molar-refractivity contribution < 1.29 is 9.59 Å².